The number of ether oxygens (including phenoxy) is 1. The average molecular weight is 234 g/mol. The van der Waals surface area contributed by atoms with Gasteiger partial charge >= 0.3 is 5.97 Å². The number of esters is 1. The highest BCUT2D eigenvalue weighted by molar-refractivity contribution is 5.77. The van der Waals surface area contributed by atoms with Crippen LogP contribution in [0.2, 0.25) is 0 Å². The van der Waals surface area contributed by atoms with Gasteiger partial charge in [0, 0.05) is 6.20 Å². The highest BCUT2D eigenvalue weighted by Crippen LogP contribution is 2.48. The highest BCUT2D eigenvalue weighted by atomic mass is 16.6. The molecule has 92 valence electrons. The van der Waals surface area contributed by atoms with Crippen molar-refractivity contribution < 1.29 is 9.53 Å². The smallest absolute Gasteiger partial charge is 0.310 e. The fourth-order valence-corrected chi connectivity index (χ4v) is 1.84. The van der Waals surface area contributed by atoms with Crippen LogP contribution in [0.25, 0.3) is 0 Å². The van der Waals surface area contributed by atoms with Gasteiger partial charge in [0.25, 0.3) is 0 Å². The maximum absolute atomic E-state index is 11.8. The number of aromatic nitrogens is 1. The fraction of sp³-hybridized carbons (Fsp3) is 0.538. The van der Waals surface area contributed by atoms with Gasteiger partial charge in [0.1, 0.15) is 11.4 Å². The van der Waals surface area contributed by atoms with E-state index in [2.05, 4.69) is 4.98 Å². The Kier molecular flexibility index (Phi) is 2.81. The van der Waals surface area contributed by atoms with E-state index in [4.69, 9.17) is 10.5 Å². The molecule has 4 heteroatoms. The van der Waals surface area contributed by atoms with Gasteiger partial charge in [-0.15, -0.1) is 0 Å². The molecule has 1 aliphatic carbocycles. The molecule has 2 rings (SSSR count). The molecule has 1 aromatic heterocycles. The molecule has 4 nitrogen and oxygen atoms in total. The molecule has 1 saturated carbocycles. The molecule has 0 amide bonds. The first-order valence-electron chi connectivity index (χ1n) is 5.81. The van der Waals surface area contributed by atoms with E-state index in [-0.39, 0.29) is 17.8 Å². The predicted octanol–water partition coefficient (Wildman–Crippen LogP) is 2.11. The Labute approximate surface area is 101 Å². The molecule has 2 N–H and O–H groups in total. The van der Waals surface area contributed by atoms with Gasteiger partial charge in [-0.05, 0) is 44.7 Å². The Hall–Kier alpha value is -1.58. The first-order chi connectivity index (χ1) is 7.87. The van der Waals surface area contributed by atoms with Crippen LogP contribution in [0.15, 0.2) is 18.3 Å². The van der Waals surface area contributed by atoms with Crippen LogP contribution in [0, 0.1) is 5.92 Å². The molecule has 17 heavy (non-hydrogen) atoms. The van der Waals surface area contributed by atoms with Gasteiger partial charge in [0.2, 0.25) is 0 Å². The molecule has 0 unspecified atom stereocenters. The third kappa shape index (κ3) is 2.96. The largest absolute Gasteiger partial charge is 0.460 e. The molecule has 1 aliphatic rings. The van der Waals surface area contributed by atoms with Crippen molar-refractivity contribution in [3.8, 4) is 0 Å². The summed E-state index contributed by atoms with van der Waals surface area (Å²) in [5, 5.41) is 0. The number of rotatable bonds is 2. The van der Waals surface area contributed by atoms with Crippen LogP contribution in [0.1, 0.15) is 38.7 Å². The van der Waals surface area contributed by atoms with E-state index in [9.17, 15) is 4.79 Å². The molecule has 0 radical (unpaired) electrons. The minimum atomic E-state index is -0.413. The van der Waals surface area contributed by atoms with Gasteiger partial charge < -0.3 is 10.5 Å². The maximum atomic E-state index is 11.8. The molecule has 0 spiro atoms. The molecule has 0 aliphatic heterocycles. The number of hydrogen-bond acceptors (Lipinski definition) is 4. The zero-order chi connectivity index (χ0) is 12.6. The van der Waals surface area contributed by atoms with Gasteiger partial charge in [-0.3, -0.25) is 4.79 Å². The van der Waals surface area contributed by atoms with E-state index >= 15 is 0 Å². The summed E-state index contributed by atoms with van der Waals surface area (Å²) >= 11 is 0. The molecule has 0 aromatic carbocycles. The van der Waals surface area contributed by atoms with Crippen molar-refractivity contribution in [2.45, 2.75) is 38.7 Å². The summed E-state index contributed by atoms with van der Waals surface area (Å²) in [6.45, 7) is 5.65. The van der Waals surface area contributed by atoms with Gasteiger partial charge in [0.15, 0.2) is 0 Å². The van der Waals surface area contributed by atoms with Crippen molar-refractivity contribution in [3.05, 3.63) is 23.9 Å². The third-order valence-corrected chi connectivity index (χ3v) is 2.74. The van der Waals surface area contributed by atoms with Crippen LogP contribution in [0.5, 0.6) is 0 Å². The van der Waals surface area contributed by atoms with Crippen molar-refractivity contribution in [1.29, 1.82) is 0 Å². The first-order valence-corrected chi connectivity index (χ1v) is 5.81. The Bertz CT molecular complexity index is 420. The lowest BCUT2D eigenvalue weighted by atomic mass is 10.1. The van der Waals surface area contributed by atoms with Crippen LogP contribution in [-0.4, -0.2) is 16.6 Å². The summed E-state index contributed by atoms with van der Waals surface area (Å²) in [6, 6.07) is 3.69. The van der Waals surface area contributed by atoms with Crippen LogP contribution < -0.4 is 5.73 Å². The van der Waals surface area contributed by atoms with Crippen molar-refractivity contribution >= 4 is 11.8 Å². The Morgan fingerprint density at radius 3 is 2.71 bits per heavy atom. The van der Waals surface area contributed by atoms with Crippen molar-refractivity contribution in [2.75, 3.05) is 5.73 Å². The number of pyridine rings is 1. The average Bonchev–Trinajstić information content (AvgIpc) is 2.96. The Balaban J connectivity index is 1.96. The van der Waals surface area contributed by atoms with Crippen LogP contribution in [0.3, 0.4) is 0 Å². The second kappa shape index (κ2) is 4.02. The number of carbonyl (C=O) groups excluding carboxylic acids is 1. The third-order valence-electron chi connectivity index (χ3n) is 2.74. The van der Waals surface area contributed by atoms with Gasteiger partial charge in [-0.2, -0.15) is 0 Å². The summed E-state index contributed by atoms with van der Waals surface area (Å²) < 4.78 is 5.35. The topological polar surface area (TPSA) is 65.2 Å². The number of carbonyl (C=O) groups is 1. The van der Waals surface area contributed by atoms with Gasteiger partial charge in [-0.1, -0.05) is 6.07 Å². The predicted molar refractivity (Wildman–Crippen MR) is 65.3 cm³/mol. The zero-order valence-electron chi connectivity index (χ0n) is 10.4. The van der Waals surface area contributed by atoms with Crippen LogP contribution in [-0.2, 0) is 9.53 Å². The van der Waals surface area contributed by atoms with E-state index in [1.807, 2.05) is 26.8 Å². The monoisotopic (exact) mass is 234 g/mol. The van der Waals surface area contributed by atoms with E-state index < -0.39 is 5.60 Å². The summed E-state index contributed by atoms with van der Waals surface area (Å²) in [5.41, 5.74) is 6.17. The summed E-state index contributed by atoms with van der Waals surface area (Å²) in [5.74, 6) is 0.625. The van der Waals surface area contributed by atoms with Crippen LogP contribution >= 0.6 is 0 Å². The highest BCUT2D eigenvalue weighted by Gasteiger charge is 2.46. The number of anilines is 1. The van der Waals surface area contributed by atoms with E-state index in [1.165, 1.54) is 0 Å². The summed E-state index contributed by atoms with van der Waals surface area (Å²) in [4.78, 5) is 15.8. The Morgan fingerprint density at radius 2 is 2.18 bits per heavy atom. The second-order valence-corrected chi connectivity index (χ2v) is 5.50. The number of nitrogens with zero attached hydrogens (tertiary/aromatic N) is 1. The van der Waals surface area contributed by atoms with E-state index in [1.54, 1.807) is 12.3 Å². The van der Waals surface area contributed by atoms with Gasteiger partial charge in [-0.25, -0.2) is 4.98 Å². The number of nitrogen functional groups attached to an aromatic ring is 1. The molecule has 1 aromatic rings. The lowest BCUT2D eigenvalue weighted by molar-refractivity contribution is -0.156. The normalized spacial score (nSPS) is 23.2. The minimum Gasteiger partial charge on any atom is -0.460 e. The zero-order valence-corrected chi connectivity index (χ0v) is 10.4. The van der Waals surface area contributed by atoms with Gasteiger partial charge in [0.05, 0.1) is 5.92 Å². The summed E-state index contributed by atoms with van der Waals surface area (Å²) in [6.07, 6.45) is 2.59. The lowest BCUT2D eigenvalue weighted by Crippen LogP contribution is -2.25. The minimum absolute atomic E-state index is 0.0142. The quantitative estimate of drug-likeness (QED) is 0.796. The fourth-order valence-electron chi connectivity index (χ4n) is 1.84. The SMILES string of the molecule is CC(C)(C)OC(=O)[C@@H]1C[C@H]1c1ccc(N)nc1. The molecule has 2 atom stereocenters. The van der Waals surface area contributed by atoms with Crippen molar-refractivity contribution in [1.82, 2.24) is 4.98 Å². The molecular formula is C13H18N2O2. The summed E-state index contributed by atoms with van der Waals surface area (Å²) in [7, 11) is 0. The lowest BCUT2D eigenvalue weighted by Gasteiger charge is -2.19. The number of nitrogens with two attached hydrogens (primary N) is 1. The van der Waals surface area contributed by atoms with Crippen molar-refractivity contribution in [3.63, 3.8) is 0 Å². The molecular weight excluding hydrogens is 216 g/mol. The van der Waals surface area contributed by atoms with E-state index in [0.29, 0.717) is 5.82 Å². The molecule has 1 heterocycles. The molecule has 0 bridgehead atoms. The Morgan fingerprint density at radius 1 is 1.47 bits per heavy atom. The van der Waals surface area contributed by atoms with Crippen LogP contribution in [0.4, 0.5) is 5.82 Å². The number of hydrogen-bond donors (Lipinski definition) is 1. The maximum Gasteiger partial charge on any atom is 0.310 e. The van der Waals surface area contributed by atoms with E-state index in [0.717, 1.165) is 12.0 Å². The van der Waals surface area contributed by atoms with Crippen molar-refractivity contribution in [2.24, 2.45) is 5.92 Å². The second-order valence-electron chi connectivity index (χ2n) is 5.50. The molecule has 0 saturated heterocycles. The first kappa shape index (κ1) is 11.9. The molecule has 1 fully saturated rings. The standard InChI is InChI=1S/C13H18N2O2/c1-13(2,3)17-12(16)10-6-9(10)8-4-5-11(14)15-7-8/h4-5,7,9-10H,6H2,1-3H3,(H2,14,15)/t9-,10+/m0/s1.